The predicted octanol–water partition coefficient (Wildman–Crippen LogP) is 3.53. The van der Waals surface area contributed by atoms with Gasteiger partial charge in [-0.2, -0.15) is 0 Å². The van der Waals surface area contributed by atoms with Crippen LogP contribution in [0.2, 0.25) is 0 Å². The van der Waals surface area contributed by atoms with E-state index in [0.29, 0.717) is 5.92 Å². The highest BCUT2D eigenvalue weighted by Gasteiger charge is 2.28. The first-order valence-electron chi connectivity index (χ1n) is 8.32. The van der Waals surface area contributed by atoms with Gasteiger partial charge in [0.2, 0.25) is 0 Å². The molecule has 1 aliphatic carbocycles. The maximum atomic E-state index is 4.81. The molecule has 1 aromatic heterocycles. The molecule has 114 valence electrons. The second kappa shape index (κ2) is 5.47. The first kappa shape index (κ1) is 13.9. The molecule has 1 aromatic carbocycles. The molecule has 0 saturated heterocycles. The van der Waals surface area contributed by atoms with Crippen LogP contribution in [0.5, 0.6) is 0 Å². The van der Waals surface area contributed by atoms with E-state index >= 15 is 0 Å². The van der Waals surface area contributed by atoms with E-state index in [0.717, 1.165) is 31.9 Å². The number of rotatable bonds is 3. The fourth-order valence-electron chi connectivity index (χ4n) is 3.33. The maximum absolute atomic E-state index is 4.81. The Kier molecular flexibility index (Phi) is 3.45. The molecule has 0 atom stereocenters. The number of aryl methyl sites for hydroxylation is 2. The number of aromatic nitrogens is 2. The largest absolute Gasteiger partial charge is 0.294 e. The summed E-state index contributed by atoms with van der Waals surface area (Å²) in [5, 5.41) is 0. The summed E-state index contributed by atoms with van der Waals surface area (Å²) in [6, 6.07) is 6.76. The highest BCUT2D eigenvalue weighted by atomic mass is 15.1. The summed E-state index contributed by atoms with van der Waals surface area (Å²) in [5.74, 6) is 1.74. The summed E-state index contributed by atoms with van der Waals surface area (Å²) < 4.78 is 0. The Balaban J connectivity index is 1.49. The zero-order valence-corrected chi connectivity index (χ0v) is 13.5. The first-order valence-corrected chi connectivity index (χ1v) is 8.32. The Morgan fingerprint density at radius 3 is 2.86 bits per heavy atom. The summed E-state index contributed by atoms with van der Waals surface area (Å²) in [6.45, 7) is 7.47. The summed E-state index contributed by atoms with van der Waals surface area (Å²) >= 11 is 0. The van der Waals surface area contributed by atoms with Crippen LogP contribution in [0.1, 0.15) is 52.5 Å². The molecule has 3 heteroatoms. The standard InChI is InChI=1S/C19H23N3/c1-13-3-4-16(14(2)9-13)11-22-8-7-18-17(12-22)10-20-19(21-18)15-5-6-15/h3-4,9-10,15H,5-8,11-12H2,1-2H3. The van der Waals surface area contributed by atoms with Crippen LogP contribution in [-0.2, 0) is 19.5 Å². The van der Waals surface area contributed by atoms with Crippen molar-refractivity contribution in [3.05, 3.63) is 58.2 Å². The quantitative estimate of drug-likeness (QED) is 0.867. The maximum Gasteiger partial charge on any atom is 0.131 e. The van der Waals surface area contributed by atoms with E-state index in [4.69, 9.17) is 4.98 Å². The van der Waals surface area contributed by atoms with Gasteiger partial charge in [-0.3, -0.25) is 4.90 Å². The minimum Gasteiger partial charge on any atom is -0.294 e. The molecule has 3 nitrogen and oxygen atoms in total. The van der Waals surface area contributed by atoms with Crippen molar-refractivity contribution in [2.24, 2.45) is 0 Å². The molecule has 0 amide bonds. The topological polar surface area (TPSA) is 29.0 Å². The van der Waals surface area contributed by atoms with E-state index in [2.05, 4.69) is 48.1 Å². The van der Waals surface area contributed by atoms with Crippen LogP contribution in [-0.4, -0.2) is 21.4 Å². The van der Waals surface area contributed by atoms with E-state index < -0.39 is 0 Å². The van der Waals surface area contributed by atoms with E-state index in [1.54, 1.807) is 0 Å². The highest BCUT2D eigenvalue weighted by Crippen LogP contribution is 2.38. The number of benzene rings is 1. The summed E-state index contributed by atoms with van der Waals surface area (Å²) in [7, 11) is 0. The van der Waals surface area contributed by atoms with Crippen molar-refractivity contribution in [1.82, 2.24) is 14.9 Å². The first-order chi connectivity index (χ1) is 10.7. The monoisotopic (exact) mass is 293 g/mol. The molecular formula is C19H23N3. The van der Waals surface area contributed by atoms with E-state index in [1.807, 2.05) is 0 Å². The van der Waals surface area contributed by atoms with Crippen molar-refractivity contribution in [2.75, 3.05) is 6.54 Å². The average Bonchev–Trinajstić information content (AvgIpc) is 3.34. The predicted molar refractivity (Wildman–Crippen MR) is 87.7 cm³/mol. The molecule has 4 rings (SSSR count). The molecular weight excluding hydrogens is 270 g/mol. The van der Waals surface area contributed by atoms with Crippen LogP contribution < -0.4 is 0 Å². The van der Waals surface area contributed by atoms with Crippen LogP contribution in [0.25, 0.3) is 0 Å². The van der Waals surface area contributed by atoms with Crippen LogP contribution >= 0.6 is 0 Å². The third kappa shape index (κ3) is 2.78. The van der Waals surface area contributed by atoms with Gasteiger partial charge in [0.15, 0.2) is 0 Å². The third-order valence-corrected chi connectivity index (χ3v) is 4.87. The SMILES string of the molecule is Cc1ccc(CN2CCc3nc(C4CC4)ncc3C2)c(C)c1. The second-order valence-electron chi connectivity index (χ2n) is 6.87. The van der Waals surface area contributed by atoms with Gasteiger partial charge in [0.25, 0.3) is 0 Å². The Hall–Kier alpha value is -1.74. The van der Waals surface area contributed by atoms with Crippen LogP contribution in [0, 0.1) is 13.8 Å². The molecule has 2 aliphatic rings. The fraction of sp³-hybridized carbons (Fsp3) is 0.474. The van der Waals surface area contributed by atoms with Crippen molar-refractivity contribution < 1.29 is 0 Å². The van der Waals surface area contributed by atoms with Crippen molar-refractivity contribution in [3.63, 3.8) is 0 Å². The van der Waals surface area contributed by atoms with E-state index in [9.17, 15) is 0 Å². The molecule has 2 heterocycles. The molecule has 0 unspecified atom stereocenters. The van der Waals surface area contributed by atoms with Gasteiger partial charge in [-0.25, -0.2) is 9.97 Å². The highest BCUT2D eigenvalue weighted by molar-refractivity contribution is 5.31. The molecule has 1 aliphatic heterocycles. The van der Waals surface area contributed by atoms with E-state index in [-0.39, 0.29) is 0 Å². The molecule has 2 aromatic rings. The average molecular weight is 293 g/mol. The van der Waals surface area contributed by atoms with Gasteiger partial charge < -0.3 is 0 Å². The fourth-order valence-corrected chi connectivity index (χ4v) is 3.33. The smallest absolute Gasteiger partial charge is 0.131 e. The lowest BCUT2D eigenvalue weighted by atomic mass is 10.0. The number of hydrogen-bond donors (Lipinski definition) is 0. The molecule has 0 spiro atoms. The minimum atomic E-state index is 0.651. The lowest BCUT2D eigenvalue weighted by Gasteiger charge is -2.28. The van der Waals surface area contributed by atoms with Gasteiger partial charge in [-0.15, -0.1) is 0 Å². The molecule has 0 bridgehead atoms. The third-order valence-electron chi connectivity index (χ3n) is 4.87. The van der Waals surface area contributed by atoms with Crippen LogP contribution in [0.15, 0.2) is 24.4 Å². The van der Waals surface area contributed by atoms with Gasteiger partial charge in [0, 0.05) is 49.4 Å². The molecule has 0 radical (unpaired) electrons. The zero-order chi connectivity index (χ0) is 15.1. The lowest BCUT2D eigenvalue weighted by Crippen LogP contribution is -2.31. The van der Waals surface area contributed by atoms with Crippen molar-refractivity contribution in [3.8, 4) is 0 Å². The van der Waals surface area contributed by atoms with Crippen LogP contribution in [0.3, 0.4) is 0 Å². The summed E-state index contributed by atoms with van der Waals surface area (Å²) in [6.07, 6.45) is 5.68. The molecule has 1 fully saturated rings. The molecule has 0 N–H and O–H groups in total. The summed E-state index contributed by atoms with van der Waals surface area (Å²) in [5.41, 5.74) is 6.77. The van der Waals surface area contributed by atoms with Crippen molar-refractivity contribution in [1.29, 1.82) is 0 Å². The van der Waals surface area contributed by atoms with Crippen molar-refractivity contribution >= 4 is 0 Å². The Morgan fingerprint density at radius 2 is 2.09 bits per heavy atom. The van der Waals surface area contributed by atoms with Gasteiger partial charge in [0.1, 0.15) is 5.82 Å². The van der Waals surface area contributed by atoms with Gasteiger partial charge in [0.05, 0.1) is 0 Å². The van der Waals surface area contributed by atoms with Gasteiger partial charge in [-0.1, -0.05) is 23.8 Å². The normalized spacial score (nSPS) is 18.3. The van der Waals surface area contributed by atoms with E-state index in [1.165, 1.54) is 40.8 Å². The number of nitrogens with zero attached hydrogens (tertiary/aromatic N) is 3. The molecule has 22 heavy (non-hydrogen) atoms. The Morgan fingerprint density at radius 1 is 1.23 bits per heavy atom. The lowest BCUT2D eigenvalue weighted by molar-refractivity contribution is 0.242. The summed E-state index contributed by atoms with van der Waals surface area (Å²) in [4.78, 5) is 11.9. The minimum absolute atomic E-state index is 0.651. The van der Waals surface area contributed by atoms with Crippen molar-refractivity contribution in [2.45, 2.75) is 52.1 Å². The number of hydrogen-bond acceptors (Lipinski definition) is 3. The molecule has 1 saturated carbocycles. The zero-order valence-electron chi connectivity index (χ0n) is 13.5. The number of fused-ring (bicyclic) bond motifs is 1. The Labute approximate surface area is 132 Å². The second-order valence-corrected chi connectivity index (χ2v) is 6.87. The van der Waals surface area contributed by atoms with Gasteiger partial charge in [-0.05, 0) is 37.8 Å². The van der Waals surface area contributed by atoms with Gasteiger partial charge >= 0.3 is 0 Å². The Bertz CT molecular complexity index is 704. The van der Waals surface area contributed by atoms with Crippen LogP contribution in [0.4, 0.5) is 0 Å².